The Bertz CT molecular complexity index is 322. The zero-order valence-electron chi connectivity index (χ0n) is 9.97. The quantitative estimate of drug-likeness (QED) is 0.869. The Morgan fingerprint density at radius 1 is 1.40 bits per heavy atom. The molecule has 0 aliphatic heterocycles. The van der Waals surface area contributed by atoms with Crippen molar-refractivity contribution in [2.24, 2.45) is 5.92 Å². The molecule has 0 heterocycles. The Hall–Kier alpha value is -0.340. The lowest BCUT2D eigenvalue weighted by Gasteiger charge is -2.24. The molecule has 1 N–H and O–H groups in total. The fourth-order valence-corrected chi connectivity index (χ4v) is 2.38. The van der Waals surface area contributed by atoms with E-state index in [2.05, 4.69) is 60.2 Å². The fraction of sp³-hybridized carbons (Fsp3) is 0.538. The van der Waals surface area contributed by atoms with E-state index < -0.39 is 0 Å². The van der Waals surface area contributed by atoms with Gasteiger partial charge in [0.25, 0.3) is 0 Å². The summed E-state index contributed by atoms with van der Waals surface area (Å²) in [6, 6.07) is 6.97. The summed E-state index contributed by atoms with van der Waals surface area (Å²) in [5, 5.41) is 3.41. The van der Waals surface area contributed by atoms with Gasteiger partial charge >= 0.3 is 0 Å². The number of aryl methyl sites for hydroxylation is 1. The summed E-state index contributed by atoms with van der Waals surface area (Å²) in [5.41, 5.74) is 2.68. The van der Waals surface area contributed by atoms with Crippen LogP contribution in [0.2, 0.25) is 0 Å². The van der Waals surface area contributed by atoms with E-state index in [1.807, 2.05) is 7.05 Å². The zero-order valence-corrected chi connectivity index (χ0v) is 11.6. The van der Waals surface area contributed by atoms with Crippen molar-refractivity contribution in [1.29, 1.82) is 0 Å². The summed E-state index contributed by atoms with van der Waals surface area (Å²) < 4.78 is 1.20. The zero-order chi connectivity index (χ0) is 11.4. The molecule has 0 bridgehead atoms. The summed E-state index contributed by atoms with van der Waals surface area (Å²) in [6.07, 6.45) is 1.19. The molecule has 0 radical (unpaired) electrons. The molecule has 84 valence electrons. The number of halogens is 1. The number of rotatable bonds is 4. The number of hydrogen-bond acceptors (Lipinski definition) is 1. The van der Waals surface area contributed by atoms with E-state index in [-0.39, 0.29) is 0 Å². The van der Waals surface area contributed by atoms with E-state index in [9.17, 15) is 0 Å². The molecule has 0 aliphatic carbocycles. The Morgan fingerprint density at radius 3 is 2.60 bits per heavy atom. The van der Waals surface area contributed by atoms with Gasteiger partial charge in [0.1, 0.15) is 0 Å². The molecule has 2 atom stereocenters. The van der Waals surface area contributed by atoms with Crippen molar-refractivity contribution in [2.75, 3.05) is 7.05 Å². The van der Waals surface area contributed by atoms with Crippen LogP contribution in [0.15, 0.2) is 22.7 Å². The molecule has 0 saturated carbocycles. The highest BCUT2D eigenvalue weighted by atomic mass is 79.9. The van der Waals surface area contributed by atoms with E-state index in [4.69, 9.17) is 0 Å². The predicted octanol–water partition coefficient (Wildman–Crippen LogP) is 4.06. The van der Waals surface area contributed by atoms with Gasteiger partial charge in [-0.25, -0.2) is 0 Å². The predicted molar refractivity (Wildman–Crippen MR) is 70.1 cm³/mol. The van der Waals surface area contributed by atoms with E-state index in [1.54, 1.807) is 0 Å². The number of nitrogens with one attached hydrogen (secondary N) is 1. The van der Waals surface area contributed by atoms with Gasteiger partial charge in [-0.05, 0) is 31.5 Å². The summed E-state index contributed by atoms with van der Waals surface area (Å²) in [5.74, 6) is 0.646. The largest absolute Gasteiger partial charge is 0.313 e. The van der Waals surface area contributed by atoms with Gasteiger partial charge in [-0.2, -0.15) is 0 Å². The van der Waals surface area contributed by atoms with Crippen molar-refractivity contribution in [1.82, 2.24) is 5.32 Å². The van der Waals surface area contributed by atoms with Gasteiger partial charge in [0, 0.05) is 10.5 Å². The first-order valence-corrected chi connectivity index (χ1v) is 6.32. The first-order chi connectivity index (χ1) is 7.10. The summed E-state index contributed by atoms with van der Waals surface area (Å²) >= 11 is 3.63. The van der Waals surface area contributed by atoms with Crippen molar-refractivity contribution < 1.29 is 0 Å². The smallest absolute Gasteiger partial charge is 0.0354 e. The van der Waals surface area contributed by atoms with Crippen LogP contribution < -0.4 is 5.32 Å². The second-order valence-corrected chi connectivity index (χ2v) is 5.03. The standard InChI is InChI=1S/C13H20BrN/c1-5-10(3)13(15-4)11-8-9(2)6-7-12(11)14/h6-8,10,13,15H,5H2,1-4H3. The first kappa shape index (κ1) is 12.7. The van der Waals surface area contributed by atoms with E-state index >= 15 is 0 Å². The SMILES string of the molecule is CCC(C)C(NC)c1cc(C)ccc1Br. The lowest BCUT2D eigenvalue weighted by atomic mass is 9.92. The van der Waals surface area contributed by atoms with E-state index in [0.717, 1.165) is 0 Å². The van der Waals surface area contributed by atoms with Crippen LogP contribution in [0.3, 0.4) is 0 Å². The fourth-order valence-electron chi connectivity index (χ4n) is 1.88. The van der Waals surface area contributed by atoms with Crippen LogP contribution in [0.25, 0.3) is 0 Å². The maximum atomic E-state index is 3.63. The topological polar surface area (TPSA) is 12.0 Å². The van der Waals surface area contributed by atoms with Crippen molar-refractivity contribution in [3.63, 3.8) is 0 Å². The van der Waals surface area contributed by atoms with Crippen LogP contribution in [0.4, 0.5) is 0 Å². The van der Waals surface area contributed by atoms with Gasteiger partial charge < -0.3 is 5.32 Å². The lowest BCUT2D eigenvalue weighted by molar-refractivity contribution is 0.399. The highest BCUT2D eigenvalue weighted by Crippen LogP contribution is 2.30. The van der Waals surface area contributed by atoms with Crippen LogP contribution in [-0.2, 0) is 0 Å². The third kappa shape index (κ3) is 3.05. The molecule has 15 heavy (non-hydrogen) atoms. The van der Waals surface area contributed by atoms with Crippen molar-refractivity contribution in [3.8, 4) is 0 Å². The molecule has 2 heteroatoms. The van der Waals surface area contributed by atoms with Gasteiger partial charge in [0.15, 0.2) is 0 Å². The maximum absolute atomic E-state index is 3.63. The molecule has 0 saturated heterocycles. The summed E-state index contributed by atoms with van der Waals surface area (Å²) in [7, 11) is 2.03. The molecule has 0 spiro atoms. The second kappa shape index (κ2) is 5.66. The lowest BCUT2D eigenvalue weighted by Crippen LogP contribution is -2.23. The van der Waals surface area contributed by atoms with Gasteiger partial charge in [-0.3, -0.25) is 0 Å². The minimum Gasteiger partial charge on any atom is -0.313 e. The van der Waals surface area contributed by atoms with Gasteiger partial charge in [0.2, 0.25) is 0 Å². The minimum atomic E-state index is 0.435. The average Bonchev–Trinajstić information content (AvgIpc) is 2.23. The molecule has 1 nitrogen and oxygen atoms in total. The van der Waals surface area contributed by atoms with Crippen LogP contribution >= 0.6 is 15.9 Å². The van der Waals surface area contributed by atoms with Gasteiger partial charge in [0.05, 0.1) is 0 Å². The monoisotopic (exact) mass is 269 g/mol. The van der Waals surface area contributed by atoms with Crippen molar-refractivity contribution >= 4 is 15.9 Å². The van der Waals surface area contributed by atoms with Crippen molar-refractivity contribution in [3.05, 3.63) is 33.8 Å². The third-order valence-corrected chi connectivity index (χ3v) is 3.73. The minimum absolute atomic E-state index is 0.435. The van der Waals surface area contributed by atoms with Crippen molar-refractivity contribution in [2.45, 2.75) is 33.2 Å². The molecule has 0 amide bonds. The Labute approximate surface area is 101 Å². The maximum Gasteiger partial charge on any atom is 0.0354 e. The number of hydrogen-bond donors (Lipinski definition) is 1. The normalized spacial score (nSPS) is 15.0. The molecule has 0 aliphatic rings. The molecule has 0 fully saturated rings. The van der Waals surface area contributed by atoms with Crippen LogP contribution in [0, 0.1) is 12.8 Å². The molecule has 1 aromatic rings. The molecule has 2 unspecified atom stereocenters. The molecular formula is C13H20BrN. The Kier molecular flexibility index (Phi) is 4.81. The first-order valence-electron chi connectivity index (χ1n) is 5.53. The summed E-state index contributed by atoms with van der Waals surface area (Å²) in [6.45, 7) is 6.66. The highest BCUT2D eigenvalue weighted by molar-refractivity contribution is 9.10. The van der Waals surface area contributed by atoms with Gasteiger partial charge in [-0.15, -0.1) is 0 Å². The van der Waals surface area contributed by atoms with E-state index in [1.165, 1.54) is 22.0 Å². The molecule has 1 aromatic carbocycles. The Balaban J connectivity index is 3.05. The summed E-state index contributed by atoms with van der Waals surface area (Å²) in [4.78, 5) is 0. The van der Waals surface area contributed by atoms with Crippen LogP contribution in [0.5, 0.6) is 0 Å². The highest BCUT2D eigenvalue weighted by Gasteiger charge is 2.18. The molecule has 0 aromatic heterocycles. The number of benzene rings is 1. The van der Waals surface area contributed by atoms with Gasteiger partial charge in [-0.1, -0.05) is 53.9 Å². The second-order valence-electron chi connectivity index (χ2n) is 4.18. The average molecular weight is 270 g/mol. The molecule has 1 rings (SSSR count). The van der Waals surface area contributed by atoms with Crippen LogP contribution in [0.1, 0.15) is 37.4 Å². The Morgan fingerprint density at radius 2 is 2.07 bits per heavy atom. The molecular weight excluding hydrogens is 250 g/mol. The third-order valence-electron chi connectivity index (χ3n) is 3.01. The van der Waals surface area contributed by atoms with Crippen LogP contribution in [-0.4, -0.2) is 7.05 Å². The van der Waals surface area contributed by atoms with E-state index in [0.29, 0.717) is 12.0 Å².